The van der Waals surface area contributed by atoms with Gasteiger partial charge < -0.3 is 30.2 Å². The molecule has 41 heavy (non-hydrogen) atoms. The number of halogens is 1. The number of aromatic nitrogens is 3. The van der Waals surface area contributed by atoms with Gasteiger partial charge in [0.25, 0.3) is 0 Å². The van der Waals surface area contributed by atoms with Crippen LogP contribution in [0, 0.1) is 0 Å². The lowest BCUT2D eigenvalue weighted by molar-refractivity contribution is -0.157. The van der Waals surface area contributed by atoms with E-state index in [-0.39, 0.29) is 26.0 Å². The summed E-state index contributed by atoms with van der Waals surface area (Å²) in [6, 6.07) is 6.31. The number of amides is 3. The van der Waals surface area contributed by atoms with Gasteiger partial charge in [0.1, 0.15) is 31.0 Å². The van der Waals surface area contributed by atoms with E-state index in [0.717, 1.165) is 5.56 Å². The zero-order valence-corrected chi connectivity index (χ0v) is 23.9. The quantitative estimate of drug-likeness (QED) is 0.164. The summed E-state index contributed by atoms with van der Waals surface area (Å²) in [5.41, 5.74) is 0.412. The number of esters is 2. The van der Waals surface area contributed by atoms with Crippen LogP contribution in [-0.2, 0) is 43.4 Å². The second-order valence-corrected chi connectivity index (χ2v) is 10.1. The lowest BCUT2D eigenvalue weighted by Crippen LogP contribution is -2.53. The molecule has 0 bridgehead atoms. The number of aryl methyl sites for hydroxylation is 1. The standard InChI is InChI=1S/C27H39FN6O7/c1-27(2,3)41-24(36)21(12-8-9-14-29-26(38)40-18-19-10-6-5-7-11-19)30-25(37)31-22(23(35)39-4)16-20-17-34(15-13-28)33-32-20/h5-7,10-11,17,21-22H,8-9,12-16,18H2,1-4H3,(H,29,38)(H2,30,31,37)/t21-,22-/m0/s1. The SMILES string of the molecule is COC(=O)[C@H](Cc1cn(CCF)nn1)NC(=O)N[C@@H](CCCCNC(=O)OCc1ccccc1)C(=O)OC(C)(C)C. The summed E-state index contributed by atoms with van der Waals surface area (Å²) in [5, 5.41) is 15.3. The van der Waals surface area contributed by atoms with Gasteiger partial charge >= 0.3 is 24.1 Å². The Balaban J connectivity index is 1.89. The first-order chi connectivity index (χ1) is 19.5. The third kappa shape index (κ3) is 13.1. The number of hydrogen-bond acceptors (Lipinski definition) is 9. The third-order valence-electron chi connectivity index (χ3n) is 5.50. The zero-order chi connectivity index (χ0) is 30.3. The van der Waals surface area contributed by atoms with E-state index in [1.54, 1.807) is 20.8 Å². The molecule has 2 aromatic rings. The molecule has 0 aliphatic rings. The fraction of sp³-hybridized carbons (Fsp3) is 0.556. The molecule has 1 heterocycles. The number of alkyl halides is 1. The topological polar surface area (TPSA) is 163 Å². The largest absolute Gasteiger partial charge is 0.467 e. The Morgan fingerprint density at radius 1 is 1.02 bits per heavy atom. The number of hydrogen-bond donors (Lipinski definition) is 3. The van der Waals surface area contributed by atoms with Crippen molar-refractivity contribution >= 4 is 24.1 Å². The fourth-order valence-corrected chi connectivity index (χ4v) is 3.59. The summed E-state index contributed by atoms with van der Waals surface area (Å²) >= 11 is 0. The van der Waals surface area contributed by atoms with Crippen LogP contribution in [0.1, 0.15) is 51.3 Å². The van der Waals surface area contributed by atoms with E-state index in [1.807, 2.05) is 30.3 Å². The van der Waals surface area contributed by atoms with Gasteiger partial charge in [-0.2, -0.15) is 0 Å². The van der Waals surface area contributed by atoms with Gasteiger partial charge in [0.2, 0.25) is 0 Å². The highest BCUT2D eigenvalue weighted by Crippen LogP contribution is 2.12. The summed E-state index contributed by atoms with van der Waals surface area (Å²) < 4.78 is 29.2. The first kappa shape index (κ1) is 33.0. The van der Waals surface area contributed by atoms with Crippen LogP contribution < -0.4 is 16.0 Å². The molecule has 0 aliphatic heterocycles. The molecule has 2 atom stereocenters. The van der Waals surface area contributed by atoms with Crippen LogP contribution in [0.5, 0.6) is 0 Å². The van der Waals surface area contributed by atoms with Crippen molar-refractivity contribution in [2.24, 2.45) is 0 Å². The molecule has 0 unspecified atom stereocenters. The van der Waals surface area contributed by atoms with Crippen LogP contribution in [0.4, 0.5) is 14.0 Å². The molecule has 3 N–H and O–H groups in total. The summed E-state index contributed by atoms with van der Waals surface area (Å²) in [5.74, 6) is -1.38. The van der Waals surface area contributed by atoms with E-state index in [9.17, 15) is 23.6 Å². The molecule has 0 saturated carbocycles. The Morgan fingerprint density at radius 3 is 2.39 bits per heavy atom. The van der Waals surface area contributed by atoms with Crippen LogP contribution in [0.3, 0.4) is 0 Å². The van der Waals surface area contributed by atoms with Crippen LogP contribution >= 0.6 is 0 Å². The average Bonchev–Trinajstić information content (AvgIpc) is 3.36. The van der Waals surface area contributed by atoms with Gasteiger partial charge in [0, 0.05) is 19.2 Å². The molecule has 0 saturated heterocycles. The van der Waals surface area contributed by atoms with Crippen molar-refractivity contribution in [2.45, 2.75) is 77.3 Å². The second kappa shape index (κ2) is 16.8. The van der Waals surface area contributed by atoms with Gasteiger partial charge in [-0.15, -0.1) is 5.10 Å². The molecular weight excluding hydrogens is 539 g/mol. The number of nitrogens with zero attached hydrogens (tertiary/aromatic N) is 3. The minimum atomic E-state index is -1.14. The predicted octanol–water partition coefficient (Wildman–Crippen LogP) is 2.44. The van der Waals surface area contributed by atoms with Crippen molar-refractivity contribution in [1.82, 2.24) is 30.9 Å². The van der Waals surface area contributed by atoms with Crippen molar-refractivity contribution in [2.75, 3.05) is 20.3 Å². The molecule has 1 aromatic heterocycles. The third-order valence-corrected chi connectivity index (χ3v) is 5.50. The average molecular weight is 579 g/mol. The number of carbonyl (C=O) groups excluding carboxylic acids is 4. The maximum Gasteiger partial charge on any atom is 0.407 e. The van der Waals surface area contributed by atoms with Gasteiger partial charge in [-0.05, 0) is 45.6 Å². The molecule has 226 valence electrons. The monoisotopic (exact) mass is 578 g/mol. The molecule has 13 nitrogen and oxygen atoms in total. The highest BCUT2D eigenvalue weighted by Gasteiger charge is 2.29. The van der Waals surface area contributed by atoms with Crippen LogP contribution in [0.25, 0.3) is 0 Å². The van der Waals surface area contributed by atoms with E-state index in [4.69, 9.17) is 14.2 Å². The maximum absolute atomic E-state index is 12.8. The number of urea groups is 1. The lowest BCUT2D eigenvalue weighted by Gasteiger charge is -2.25. The maximum atomic E-state index is 12.8. The normalized spacial score (nSPS) is 12.5. The molecule has 3 amide bonds. The van der Waals surface area contributed by atoms with E-state index in [1.165, 1.54) is 18.0 Å². The highest BCUT2D eigenvalue weighted by molar-refractivity contribution is 5.87. The van der Waals surface area contributed by atoms with Gasteiger partial charge in [-0.25, -0.2) is 28.3 Å². The summed E-state index contributed by atoms with van der Waals surface area (Å²) in [6.45, 7) is 4.93. The van der Waals surface area contributed by atoms with E-state index in [0.29, 0.717) is 25.1 Å². The molecule has 2 rings (SSSR count). The van der Waals surface area contributed by atoms with Crippen molar-refractivity contribution < 1.29 is 37.8 Å². The number of rotatable bonds is 15. The number of nitrogens with one attached hydrogen (secondary N) is 3. The first-order valence-corrected chi connectivity index (χ1v) is 13.3. The predicted molar refractivity (Wildman–Crippen MR) is 145 cm³/mol. The van der Waals surface area contributed by atoms with Gasteiger partial charge in [0.15, 0.2) is 0 Å². The van der Waals surface area contributed by atoms with Crippen molar-refractivity contribution in [3.8, 4) is 0 Å². The Bertz CT molecular complexity index is 1120. The molecule has 0 spiro atoms. The molecule has 14 heteroatoms. The van der Waals surface area contributed by atoms with Crippen LogP contribution in [-0.4, -0.2) is 77.1 Å². The number of benzene rings is 1. The number of methoxy groups -OCH3 is 1. The number of carbonyl (C=O) groups is 4. The minimum absolute atomic E-state index is 0.00572. The van der Waals surface area contributed by atoms with Crippen LogP contribution in [0.2, 0.25) is 0 Å². The number of alkyl carbamates (subject to hydrolysis) is 1. The van der Waals surface area contributed by atoms with Crippen molar-refractivity contribution in [1.29, 1.82) is 0 Å². The Hall–Kier alpha value is -4.23. The number of ether oxygens (including phenoxy) is 3. The summed E-state index contributed by atoms with van der Waals surface area (Å²) in [6.07, 6.45) is 2.01. The van der Waals surface area contributed by atoms with Crippen molar-refractivity contribution in [3.63, 3.8) is 0 Å². The molecule has 1 aromatic carbocycles. The Labute approximate surface area is 238 Å². The first-order valence-electron chi connectivity index (χ1n) is 13.3. The fourth-order valence-electron chi connectivity index (χ4n) is 3.59. The van der Waals surface area contributed by atoms with E-state index >= 15 is 0 Å². The zero-order valence-electron chi connectivity index (χ0n) is 23.9. The Kier molecular flexibility index (Phi) is 13.5. The van der Waals surface area contributed by atoms with Crippen molar-refractivity contribution in [3.05, 3.63) is 47.8 Å². The number of unbranched alkanes of at least 4 members (excludes halogenated alkanes) is 1. The second-order valence-electron chi connectivity index (χ2n) is 10.1. The minimum Gasteiger partial charge on any atom is -0.467 e. The molecular formula is C27H39FN6O7. The highest BCUT2D eigenvalue weighted by atomic mass is 19.1. The van der Waals surface area contributed by atoms with E-state index in [2.05, 4.69) is 26.3 Å². The summed E-state index contributed by atoms with van der Waals surface area (Å²) in [7, 11) is 1.17. The smallest absolute Gasteiger partial charge is 0.407 e. The van der Waals surface area contributed by atoms with Gasteiger partial charge in [-0.3, -0.25) is 0 Å². The lowest BCUT2D eigenvalue weighted by atomic mass is 10.1. The summed E-state index contributed by atoms with van der Waals surface area (Å²) in [4.78, 5) is 49.9. The van der Waals surface area contributed by atoms with E-state index < -0.39 is 48.4 Å². The molecule has 0 fully saturated rings. The van der Waals surface area contributed by atoms with Crippen LogP contribution in [0.15, 0.2) is 36.5 Å². The molecule has 0 radical (unpaired) electrons. The molecule has 0 aliphatic carbocycles. The van der Waals surface area contributed by atoms with Gasteiger partial charge in [-0.1, -0.05) is 35.5 Å². The Morgan fingerprint density at radius 2 is 1.73 bits per heavy atom. The van der Waals surface area contributed by atoms with Gasteiger partial charge in [0.05, 0.1) is 19.3 Å².